The molecule has 2 saturated heterocycles. The first-order chi connectivity index (χ1) is 21.5. The maximum Gasteiger partial charge on any atom is 0.315 e. The van der Waals surface area contributed by atoms with Crippen LogP contribution in [0.15, 0.2) is 48.1 Å². The summed E-state index contributed by atoms with van der Waals surface area (Å²) in [6.45, 7) is 3.55. The second-order valence-electron chi connectivity index (χ2n) is 12.1. The van der Waals surface area contributed by atoms with Gasteiger partial charge >= 0.3 is 6.03 Å². The van der Waals surface area contributed by atoms with Crippen molar-refractivity contribution in [2.45, 2.75) is 121 Å². The molecule has 44 heavy (non-hydrogen) atoms. The third-order valence-corrected chi connectivity index (χ3v) is 9.97. The molecule has 3 rings (SSSR count). The number of amides is 4. The standard InChI is InChI=1S/C35H54N4O4S/c1-2-3-4-5-6-11-18-28-27(22-23-30(28)40)17-10-7-8-12-20-32(41)36-24-15-9-16-25-37-33(42)21-14-13-19-31-34-29(26-44-31)38-35(43)39-34/h6-7,10-11,18,22-23,27,29,31,34H,2-5,8-9,12-17,19-21,24-26H2,1H3,(H,36,41)(H,37,42)(H2,38,39,43)/b10-7-,11-6+,28-18+/t27-,29-,31+,34-/m0/s1. The molecular formula is C35H54N4O4S. The minimum Gasteiger partial charge on any atom is -0.356 e. The zero-order chi connectivity index (χ0) is 31.4. The number of urea groups is 1. The third-order valence-electron chi connectivity index (χ3n) is 8.46. The number of rotatable bonds is 22. The quantitative estimate of drug-likeness (QED) is 0.0506. The first kappa shape index (κ1) is 35.7. The monoisotopic (exact) mass is 626 g/mol. The summed E-state index contributed by atoms with van der Waals surface area (Å²) in [7, 11) is 0. The van der Waals surface area contributed by atoms with Gasteiger partial charge in [-0.15, -0.1) is 0 Å². The fourth-order valence-corrected chi connectivity index (χ4v) is 7.40. The van der Waals surface area contributed by atoms with E-state index < -0.39 is 0 Å². The van der Waals surface area contributed by atoms with Gasteiger partial charge in [-0.2, -0.15) is 11.8 Å². The van der Waals surface area contributed by atoms with E-state index in [2.05, 4.69) is 46.4 Å². The molecule has 4 amide bonds. The lowest BCUT2D eigenvalue weighted by atomic mass is 9.97. The molecule has 0 aromatic rings. The Morgan fingerprint density at radius 2 is 1.64 bits per heavy atom. The maximum atomic E-state index is 12.2. The van der Waals surface area contributed by atoms with Gasteiger partial charge in [0.2, 0.25) is 11.8 Å². The lowest BCUT2D eigenvalue weighted by molar-refractivity contribution is -0.121. The highest BCUT2D eigenvalue weighted by molar-refractivity contribution is 8.00. The summed E-state index contributed by atoms with van der Waals surface area (Å²) >= 11 is 1.91. The molecule has 1 aliphatic carbocycles. The largest absolute Gasteiger partial charge is 0.356 e. The van der Waals surface area contributed by atoms with Crippen LogP contribution in [0.5, 0.6) is 0 Å². The van der Waals surface area contributed by atoms with Gasteiger partial charge in [0.15, 0.2) is 5.78 Å². The minimum atomic E-state index is -0.0521. The highest BCUT2D eigenvalue weighted by atomic mass is 32.2. The van der Waals surface area contributed by atoms with Crippen LogP contribution in [0.4, 0.5) is 4.79 Å². The number of fused-ring (bicyclic) bond motifs is 1. The molecule has 4 atom stereocenters. The molecule has 0 bridgehead atoms. The molecule has 0 saturated carbocycles. The summed E-state index contributed by atoms with van der Waals surface area (Å²) in [6, 6.07) is 0.437. The van der Waals surface area contributed by atoms with E-state index in [-0.39, 0.29) is 41.6 Å². The van der Waals surface area contributed by atoms with Crippen LogP contribution in [0, 0.1) is 5.92 Å². The van der Waals surface area contributed by atoms with E-state index in [4.69, 9.17) is 0 Å². The summed E-state index contributed by atoms with van der Waals surface area (Å²) in [6.07, 6.45) is 28.0. The average Bonchev–Trinajstić information content (AvgIpc) is 3.68. The van der Waals surface area contributed by atoms with E-state index in [1.165, 1.54) is 19.3 Å². The molecule has 3 aliphatic rings. The number of carbonyl (C=O) groups is 4. The van der Waals surface area contributed by atoms with Gasteiger partial charge < -0.3 is 21.3 Å². The normalized spacial score (nSPS) is 23.5. The summed E-state index contributed by atoms with van der Waals surface area (Å²) in [5.74, 6) is 1.42. The fourth-order valence-electron chi connectivity index (χ4n) is 5.85. The topological polar surface area (TPSA) is 116 Å². The Labute approximate surface area is 268 Å². The minimum absolute atomic E-state index is 0.0521. The van der Waals surface area contributed by atoms with Crippen molar-refractivity contribution in [2.24, 2.45) is 5.92 Å². The number of carbonyl (C=O) groups excluding carboxylic acids is 4. The number of hydrogen-bond donors (Lipinski definition) is 4. The van der Waals surface area contributed by atoms with Crippen molar-refractivity contribution >= 4 is 35.4 Å². The number of thioether (sulfide) groups is 1. The van der Waals surface area contributed by atoms with E-state index >= 15 is 0 Å². The second kappa shape index (κ2) is 21.0. The van der Waals surface area contributed by atoms with Crippen molar-refractivity contribution in [2.75, 3.05) is 18.8 Å². The van der Waals surface area contributed by atoms with Gasteiger partial charge in [-0.1, -0.05) is 62.6 Å². The predicted octanol–water partition coefficient (Wildman–Crippen LogP) is 6.05. The van der Waals surface area contributed by atoms with Gasteiger partial charge in [0.05, 0.1) is 12.1 Å². The first-order valence-corrected chi connectivity index (χ1v) is 18.0. The molecule has 244 valence electrons. The maximum absolute atomic E-state index is 12.2. The number of nitrogens with one attached hydrogen (secondary N) is 4. The van der Waals surface area contributed by atoms with Crippen molar-refractivity contribution in [3.8, 4) is 0 Å². The second-order valence-corrected chi connectivity index (χ2v) is 13.4. The van der Waals surface area contributed by atoms with Crippen molar-refractivity contribution in [1.29, 1.82) is 0 Å². The molecule has 0 aromatic heterocycles. The molecule has 0 aromatic carbocycles. The molecule has 9 heteroatoms. The Balaban J connectivity index is 1.11. The molecule has 8 nitrogen and oxygen atoms in total. The van der Waals surface area contributed by atoms with Crippen LogP contribution in [0.25, 0.3) is 0 Å². The zero-order valence-corrected chi connectivity index (χ0v) is 27.4. The predicted molar refractivity (Wildman–Crippen MR) is 180 cm³/mol. The Bertz CT molecular complexity index is 1050. The first-order valence-electron chi connectivity index (χ1n) is 16.9. The lowest BCUT2D eigenvalue weighted by Gasteiger charge is -2.16. The van der Waals surface area contributed by atoms with E-state index in [0.717, 1.165) is 75.5 Å². The Kier molecular flexibility index (Phi) is 17.0. The zero-order valence-electron chi connectivity index (χ0n) is 26.6. The van der Waals surface area contributed by atoms with Crippen LogP contribution in [0.3, 0.4) is 0 Å². The molecule has 0 unspecified atom stereocenters. The van der Waals surface area contributed by atoms with E-state index in [9.17, 15) is 19.2 Å². The SMILES string of the molecule is CCCCC/C=C/C=C1/C(=O)C=C[C@@H]1C/C=C\CCCC(=O)NCCCCCNC(=O)CCCC[C@H]1SC[C@@H]2NC(=O)N[C@@H]21. The number of allylic oxidation sites excluding steroid dienone is 8. The van der Waals surface area contributed by atoms with Crippen LogP contribution >= 0.6 is 11.8 Å². The Morgan fingerprint density at radius 3 is 2.41 bits per heavy atom. The highest BCUT2D eigenvalue weighted by Gasteiger charge is 2.42. The average molecular weight is 627 g/mol. The summed E-state index contributed by atoms with van der Waals surface area (Å²) in [5.41, 5.74) is 0.867. The van der Waals surface area contributed by atoms with Gasteiger partial charge in [0, 0.05) is 48.4 Å². The van der Waals surface area contributed by atoms with Gasteiger partial charge in [-0.3, -0.25) is 14.4 Å². The summed E-state index contributed by atoms with van der Waals surface area (Å²) in [5, 5.41) is 12.4. The van der Waals surface area contributed by atoms with E-state index in [0.29, 0.717) is 31.2 Å². The summed E-state index contributed by atoms with van der Waals surface area (Å²) in [4.78, 5) is 47.9. The van der Waals surface area contributed by atoms with Crippen molar-refractivity contribution in [1.82, 2.24) is 21.3 Å². The van der Waals surface area contributed by atoms with Crippen molar-refractivity contribution in [3.63, 3.8) is 0 Å². The third kappa shape index (κ3) is 13.4. The number of ketones is 1. The summed E-state index contributed by atoms with van der Waals surface area (Å²) < 4.78 is 0. The van der Waals surface area contributed by atoms with Gasteiger partial charge in [-0.05, 0) is 70.3 Å². The molecular weight excluding hydrogens is 572 g/mol. The fraction of sp³-hybridized carbons (Fsp3) is 0.657. The molecule has 0 radical (unpaired) electrons. The molecule has 4 N–H and O–H groups in total. The molecule has 2 aliphatic heterocycles. The van der Waals surface area contributed by atoms with Gasteiger partial charge in [0.1, 0.15) is 0 Å². The number of hydrogen-bond acceptors (Lipinski definition) is 5. The van der Waals surface area contributed by atoms with Gasteiger partial charge in [-0.25, -0.2) is 4.79 Å². The Morgan fingerprint density at radius 1 is 0.886 bits per heavy atom. The van der Waals surface area contributed by atoms with Crippen LogP contribution < -0.4 is 21.3 Å². The van der Waals surface area contributed by atoms with Crippen LogP contribution in [-0.4, -0.2) is 59.8 Å². The number of unbranched alkanes of at least 4 members (excludes halogenated alkanes) is 7. The van der Waals surface area contributed by atoms with Crippen molar-refractivity contribution < 1.29 is 19.2 Å². The van der Waals surface area contributed by atoms with Crippen molar-refractivity contribution in [3.05, 3.63) is 48.1 Å². The molecule has 0 spiro atoms. The molecule has 2 fully saturated rings. The van der Waals surface area contributed by atoms with Gasteiger partial charge in [0.25, 0.3) is 0 Å². The Hall–Kier alpha value is -2.81. The van der Waals surface area contributed by atoms with Crippen LogP contribution in [0.2, 0.25) is 0 Å². The van der Waals surface area contributed by atoms with E-state index in [1.54, 1.807) is 6.08 Å². The smallest absolute Gasteiger partial charge is 0.315 e. The lowest BCUT2D eigenvalue weighted by Crippen LogP contribution is -2.36. The molecule has 2 heterocycles. The van der Waals surface area contributed by atoms with Crippen LogP contribution in [0.1, 0.15) is 103 Å². The highest BCUT2D eigenvalue weighted by Crippen LogP contribution is 2.33. The van der Waals surface area contributed by atoms with Crippen LogP contribution in [-0.2, 0) is 14.4 Å². The van der Waals surface area contributed by atoms with E-state index in [1.807, 2.05) is 30.0 Å².